The van der Waals surface area contributed by atoms with Gasteiger partial charge < -0.3 is 0 Å². The molecule has 0 heterocycles. The summed E-state index contributed by atoms with van der Waals surface area (Å²) in [4.78, 5) is 0. The summed E-state index contributed by atoms with van der Waals surface area (Å²) in [5.74, 6) is -0.0358. The summed E-state index contributed by atoms with van der Waals surface area (Å²) in [5, 5.41) is 0. The molecule has 2 radical (unpaired) electrons. The Morgan fingerprint density at radius 1 is 0.759 bits per heavy atom. The van der Waals surface area contributed by atoms with Crippen molar-refractivity contribution in [3.8, 4) is 0 Å². The van der Waals surface area contributed by atoms with Crippen LogP contribution in [0.15, 0.2) is 72.8 Å². The Bertz CT molecular complexity index is 1120. The van der Waals surface area contributed by atoms with Gasteiger partial charge in [0.05, 0.1) is 0 Å². The van der Waals surface area contributed by atoms with Crippen LogP contribution in [-0.4, -0.2) is 29.7 Å². The third-order valence-electron chi connectivity index (χ3n) is 5.62. The number of hydrogen-bond acceptors (Lipinski definition) is 3. The molecule has 146 valence electrons. The van der Waals surface area contributed by atoms with E-state index in [2.05, 4.69) is 0 Å². The van der Waals surface area contributed by atoms with Crippen LogP contribution in [0.3, 0.4) is 0 Å². The average molecular weight is 475 g/mol. The zero-order valence-electron chi connectivity index (χ0n) is 14.8. The second-order valence-corrected chi connectivity index (χ2v) is 11.6. The summed E-state index contributed by atoms with van der Waals surface area (Å²) >= 11 is -2.16. The predicted octanol–water partition coefficient (Wildman–Crippen LogP) is 4.27. The maximum atomic E-state index is 13.0. The van der Waals surface area contributed by atoms with Crippen molar-refractivity contribution in [2.75, 3.05) is 0 Å². The van der Waals surface area contributed by atoms with Crippen LogP contribution in [0.1, 0.15) is 39.3 Å². The van der Waals surface area contributed by atoms with Crippen LogP contribution in [0.4, 0.5) is 13.2 Å². The third kappa shape index (κ3) is 2.50. The van der Waals surface area contributed by atoms with E-state index in [0.717, 1.165) is 33.4 Å². The normalized spacial score (nSPS) is 22.0. The number of halogens is 3. The molecule has 0 spiro atoms. The van der Waals surface area contributed by atoms with Crippen molar-refractivity contribution in [1.82, 2.24) is 0 Å². The zero-order valence-corrected chi connectivity index (χ0v) is 17.7. The van der Waals surface area contributed by atoms with Gasteiger partial charge in [0.1, 0.15) is 0 Å². The summed E-state index contributed by atoms with van der Waals surface area (Å²) in [5.41, 5.74) is 0.0154. The fourth-order valence-corrected chi connectivity index (χ4v) is 9.06. The van der Waals surface area contributed by atoms with Gasteiger partial charge in [-0.3, -0.25) is 0 Å². The molecule has 0 atom stereocenters. The van der Waals surface area contributed by atoms with E-state index in [0.29, 0.717) is 0 Å². The van der Waals surface area contributed by atoms with E-state index in [1.165, 1.54) is 0 Å². The Morgan fingerprint density at radius 3 is 1.52 bits per heavy atom. The van der Waals surface area contributed by atoms with E-state index in [9.17, 15) is 21.6 Å². The number of alkyl halides is 3. The van der Waals surface area contributed by atoms with Gasteiger partial charge in [0.25, 0.3) is 0 Å². The molecular formula is C21H13F3GeO3S. The molecule has 0 aliphatic heterocycles. The van der Waals surface area contributed by atoms with Gasteiger partial charge in [-0.25, -0.2) is 0 Å². The number of benzene rings is 3. The van der Waals surface area contributed by atoms with Crippen molar-refractivity contribution in [3.63, 3.8) is 0 Å². The number of hydrogen-bond donors (Lipinski definition) is 0. The first kappa shape index (κ1) is 18.9. The van der Waals surface area contributed by atoms with Crippen molar-refractivity contribution in [2.45, 2.75) is 15.7 Å². The van der Waals surface area contributed by atoms with Gasteiger partial charge in [-0.2, -0.15) is 0 Å². The minimum absolute atomic E-state index is 0.0358. The van der Waals surface area contributed by atoms with Crippen LogP contribution in [0.2, 0.25) is 0 Å². The zero-order chi connectivity index (χ0) is 20.4. The van der Waals surface area contributed by atoms with E-state index in [1.807, 2.05) is 72.8 Å². The molecule has 0 amide bonds. The predicted molar refractivity (Wildman–Crippen MR) is 102 cm³/mol. The van der Waals surface area contributed by atoms with Gasteiger partial charge in [-0.1, -0.05) is 0 Å². The molecule has 0 saturated carbocycles. The first-order valence-corrected chi connectivity index (χ1v) is 12.1. The van der Waals surface area contributed by atoms with E-state index in [1.54, 1.807) is 0 Å². The van der Waals surface area contributed by atoms with Gasteiger partial charge in [0.2, 0.25) is 0 Å². The molecule has 3 aliphatic carbocycles. The van der Waals surface area contributed by atoms with Gasteiger partial charge in [-0.15, -0.1) is 0 Å². The molecule has 6 rings (SSSR count). The fourth-order valence-electron chi connectivity index (χ4n) is 4.54. The molecule has 0 saturated heterocycles. The van der Waals surface area contributed by atoms with Gasteiger partial charge in [0, 0.05) is 0 Å². The van der Waals surface area contributed by atoms with Crippen LogP contribution in [0.5, 0.6) is 0 Å². The molecule has 3 nitrogen and oxygen atoms in total. The van der Waals surface area contributed by atoms with Crippen LogP contribution < -0.4 is 0 Å². The minimum atomic E-state index is -5.68. The van der Waals surface area contributed by atoms with Crippen molar-refractivity contribution < 1.29 is 24.8 Å². The monoisotopic (exact) mass is 476 g/mol. The quantitative estimate of drug-likeness (QED) is 0.420. The molecule has 29 heavy (non-hydrogen) atoms. The van der Waals surface area contributed by atoms with E-state index < -0.39 is 35.6 Å². The SMILES string of the molecule is O=S(=O)([O][Ge][C]12c3ccccc3C(c3ccccc31)c1ccccc12)C(F)(F)F. The van der Waals surface area contributed by atoms with Gasteiger partial charge in [-0.05, 0) is 0 Å². The molecule has 3 aliphatic rings. The fraction of sp³-hybridized carbons (Fsp3) is 0.143. The molecule has 3 aromatic rings. The molecule has 0 fully saturated rings. The van der Waals surface area contributed by atoms with E-state index in [-0.39, 0.29) is 5.92 Å². The molecule has 0 N–H and O–H groups in total. The first-order chi connectivity index (χ1) is 13.8. The Morgan fingerprint density at radius 2 is 1.14 bits per heavy atom. The Balaban J connectivity index is 1.80. The average Bonchev–Trinajstić information content (AvgIpc) is 2.71. The Kier molecular flexibility index (Phi) is 4.04. The standard InChI is InChI=1S/C21H13F3GeO3S/c22-21(23,24)29(26,27)28-25-20-16-10-4-1-7-13(16)19(14-8-2-5-11-17(14)20)15-9-3-6-12-18(15)20/h1-12,19H. The van der Waals surface area contributed by atoms with Gasteiger partial charge >= 0.3 is 173 Å². The summed E-state index contributed by atoms with van der Waals surface area (Å²) in [6, 6.07) is 22.7. The Labute approximate surface area is 172 Å². The maximum absolute atomic E-state index is 13.0. The van der Waals surface area contributed by atoms with Crippen molar-refractivity contribution in [2.24, 2.45) is 0 Å². The van der Waals surface area contributed by atoms with Crippen LogP contribution in [0.25, 0.3) is 0 Å². The molecule has 0 aromatic heterocycles. The number of rotatable bonds is 3. The summed E-state index contributed by atoms with van der Waals surface area (Å²) < 4.78 is 66.4. The summed E-state index contributed by atoms with van der Waals surface area (Å²) in [6.07, 6.45) is 0. The second kappa shape index (κ2) is 6.20. The molecular weight excluding hydrogens is 462 g/mol. The second-order valence-electron chi connectivity index (χ2n) is 7.03. The molecule has 8 heteroatoms. The Hall–Kier alpha value is -2.10. The van der Waals surface area contributed by atoms with Crippen LogP contribution in [-0.2, 0) is 17.6 Å². The summed E-state index contributed by atoms with van der Waals surface area (Å²) in [6.45, 7) is 0. The molecule has 0 unspecified atom stereocenters. The van der Waals surface area contributed by atoms with Crippen LogP contribution in [0, 0.1) is 0 Å². The van der Waals surface area contributed by atoms with E-state index >= 15 is 0 Å². The first-order valence-electron chi connectivity index (χ1n) is 8.82. The van der Waals surface area contributed by atoms with Crippen molar-refractivity contribution in [3.05, 3.63) is 106 Å². The van der Waals surface area contributed by atoms with Gasteiger partial charge in [0.15, 0.2) is 0 Å². The molecule has 2 bridgehead atoms. The van der Waals surface area contributed by atoms with Crippen molar-refractivity contribution >= 4 is 25.9 Å². The topological polar surface area (TPSA) is 43.4 Å². The van der Waals surface area contributed by atoms with E-state index in [4.69, 9.17) is 3.21 Å². The third-order valence-corrected chi connectivity index (χ3v) is 10.7. The van der Waals surface area contributed by atoms with Crippen LogP contribution >= 0.6 is 0 Å². The van der Waals surface area contributed by atoms with Crippen molar-refractivity contribution in [1.29, 1.82) is 0 Å². The summed E-state index contributed by atoms with van der Waals surface area (Å²) in [7, 11) is -5.68. The molecule has 3 aromatic carbocycles.